The Morgan fingerprint density at radius 3 is 2.62 bits per heavy atom. The van der Waals surface area contributed by atoms with Gasteiger partial charge in [0.2, 0.25) is 0 Å². The van der Waals surface area contributed by atoms with Crippen LogP contribution in [0.25, 0.3) is 11.3 Å². The fourth-order valence-electron chi connectivity index (χ4n) is 2.13. The highest BCUT2D eigenvalue weighted by Crippen LogP contribution is 2.32. The number of rotatable bonds is 4. The van der Waals surface area contributed by atoms with Gasteiger partial charge in [-0.1, -0.05) is 24.3 Å². The zero-order chi connectivity index (χ0) is 17.2. The summed E-state index contributed by atoms with van der Waals surface area (Å²) in [4.78, 5) is 15.2. The first-order valence-corrected chi connectivity index (χ1v) is 7.79. The number of alkyl halides is 3. The van der Waals surface area contributed by atoms with E-state index in [1.54, 1.807) is 29.6 Å². The monoisotopic (exact) mass is 348 g/mol. The average molecular weight is 348 g/mol. The molecule has 0 aliphatic rings. The number of hydrogen-bond donors (Lipinski definition) is 1. The summed E-state index contributed by atoms with van der Waals surface area (Å²) in [5, 5.41) is 5.12. The summed E-state index contributed by atoms with van der Waals surface area (Å²) in [7, 11) is 0. The molecule has 3 rings (SSSR count). The van der Waals surface area contributed by atoms with Gasteiger partial charge in [0.05, 0.1) is 11.3 Å². The van der Waals surface area contributed by atoms with E-state index in [0.717, 1.165) is 24.0 Å². The maximum Gasteiger partial charge on any atom is 0.416 e. The second kappa shape index (κ2) is 6.45. The fourth-order valence-corrected chi connectivity index (χ4v) is 2.87. The van der Waals surface area contributed by atoms with Crippen LogP contribution in [-0.2, 0) is 6.18 Å². The number of nitrogens with zero attached hydrogens (tertiary/aromatic N) is 1. The topological polar surface area (TPSA) is 42.0 Å². The second-order valence-electron chi connectivity index (χ2n) is 4.98. The molecule has 0 saturated heterocycles. The molecule has 1 aromatic heterocycles. The lowest BCUT2D eigenvalue weighted by atomic mass is 10.1. The van der Waals surface area contributed by atoms with Gasteiger partial charge in [-0.05, 0) is 24.3 Å². The quantitative estimate of drug-likeness (QED) is 0.643. The summed E-state index contributed by atoms with van der Waals surface area (Å²) in [5.41, 5.74) is 1.55. The molecule has 1 heterocycles. The van der Waals surface area contributed by atoms with Gasteiger partial charge in [0.1, 0.15) is 6.29 Å². The Labute approximate surface area is 139 Å². The van der Waals surface area contributed by atoms with Crippen molar-refractivity contribution in [2.45, 2.75) is 6.18 Å². The number of carbonyl (C=O) groups excluding carboxylic acids is 1. The minimum atomic E-state index is -4.39. The summed E-state index contributed by atoms with van der Waals surface area (Å²) >= 11 is 1.27. The molecule has 0 amide bonds. The summed E-state index contributed by atoms with van der Waals surface area (Å²) in [6, 6.07) is 11.9. The minimum Gasteiger partial charge on any atom is -0.332 e. The van der Waals surface area contributed by atoms with Gasteiger partial charge in [-0.2, -0.15) is 13.2 Å². The van der Waals surface area contributed by atoms with Crippen molar-refractivity contribution in [2.75, 3.05) is 5.32 Å². The second-order valence-corrected chi connectivity index (χ2v) is 5.84. The Hall–Kier alpha value is -2.67. The zero-order valence-electron chi connectivity index (χ0n) is 12.2. The number of carbonyl (C=O) groups is 1. The SMILES string of the molecule is O=Cc1cccc(-c2csc(Nc3cccc(C(F)(F)F)c3)n2)c1. The third kappa shape index (κ3) is 3.62. The molecule has 0 atom stereocenters. The Morgan fingerprint density at radius 1 is 1.08 bits per heavy atom. The van der Waals surface area contributed by atoms with Crippen LogP contribution < -0.4 is 5.32 Å². The van der Waals surface area contributed by atoms with E-state index >= 15 is 0 Å². The predicted octanol–water partition coefficient (Wildman–Crippen LogP) is 5.39. The normalized spacial score (nSPS) is 11.3. The third-order valence-electron chi connectivity index (χ3n) is 3.26. The zero-order valence-corrected chi connectivity index (χ0v) is 13.0. The lowest BCUT2D eigenvalue weighted by molar-refractivity contribution is -0.137. The van der Waals surface area contributed by atoms with Crippen molar-refractivity contribution in [1.82, 2.24) is 4.98 Å². The lowest BCUT2D eigenvalue weighted by Crippen LogP contribution is -2.05. The number of halogens is 3. The van der Waals surface area contributed by atoms with Crippen molar-refractivity contribution in [2.24, 2.45) is 0 Å². The molecule has 122 valence electrons. The molecule has 0 radical (unpaired) electrons. The first-order chi connectivity index (χ1) is 11.5. The highest BCUT2D eigenvalue weighted by atomic mass is 32.1. The number of anilines is 2. The van der Waals surface area contributed by atoms with E-state index in [4.69, 9.17) is 0 Å². The van der Waals surface area contributed by atoms with Crippen LogP contribution in [0.3, 0.4) is 0 Å². The lowest BCUT2D eigenvalue weighted by Gasteiger charge is -2.08. The van der Waals surface area contributed by atoms with Crippen LogP contribution in [0.1, 0.15) is 15.9 Å². The Bertz CT molecular complexity index is 874. The van der Waals surface area contributed by atoms with Crippen molar-refractivity contribution in [3.8, 4) is 11.3 Å². The van der Waals surface area contributed by atoms with E-state index in [9.17, 15) is 18.0 Å². The van der Waals surface area contributed by atoms with Crippen molar-refractivity contribution < 1.29 is 18.0 Å². The first-order valence-electron chi connectivity index (χ1n) is 6.91. The molecular weight excluding hydrogens is 337 g/mol. The first kappa shape index (κ1) is 16.2. The van der Waals surface area contributed by atoms with Gasteiger partial charge in [-0.3, -0.25) is 4.79 Å². The number of aromatic nitrogens is 1. The number of nitrogens with one attached hydrogen (secondary N) is 1. The Balaban J connectivity index is 1.83. The molecule has 7 heteroatoms. The molecule has 0 saturated carbocycles. The van der Waals surface area contributed by atoms with E-state index in [1.807, 2.05) is 6.07 Å². The van der Waals surface area contributed by atoms with Crippen LogP contribution >= 0.6 is 11.3 Å². The van der Waals surface area contributed by atoms with E-state index in [2.05, 4.69) is 10.3 Å². The molecule has 0 fully saturated rings. The van der Waals surface area contributed by atoms with Crippen molar-refractivity contribution in [3.05, 3.63) is 65.0 Å². The van der Waals surface area contributed by atoms with E-state index in [0.29, 0.717) is 22.1 Å². The van der Waals surface area contributed by atoms with Crippen molar-refractivity contribution in [3.63, 3.8) is 0 Å². The van der Waals surface area contributed by atoms with Gasteiger partial charge in [0.15, 0.2) is 5.13 Å². The Morgan fingerprint density at radius 2 is 1.88 bits per heavy atom. The third-order valence-corrected chi connectivity index (χ3v) is 4.02. The molecule has 1 N–H and O–H groups in total. The molecule has 0 bridgehead atoms. The molecular formula is C17H11F3N2OS. The van der Waals surface area contributed by atoms with Crippen LogP contribution in [0.2, 0.25) is 0 Å². The van der Waals surface area contributed by atoms with E-state index < -0.39 is 11.7 Å². The molecule has 0 unspecified atom stereocenters. The number of thiazole rings is 1. The largest absolute Gasteiger partial charge is 0.416 e. The summed E-state index contributed by atoms with van der Waals surface area (Å²) in [6.45, 7) is 0. The number of benzene rings is 2. The highest BCUT2D eigenvalue weighted by Gasteiger charge is 2.30. The maximum atomic E-state index is 12.7. The van der Waals surface area contributed by atoms with Gasteiger partial charge in [-0.15, -0.1) is 11.3 Å². The van der Waals surface area contributed by atoms with Crippen LogP contribution in [0, 0.1) is 0 Å². The van der Waals surface area contributed by atoms with E-state index in [1.165, 1.54) is 17.4 Å². The van der Waals surface area contributed by atoms with Gasteiger partial charge in [0.25, 0.3) is 0 Å². The van der Waals surface area contributed by atoms with Crippen LogP contribution in [0.5, 0.6) is 0 Å². The molecule has 0 aliphatic carbocycles. The summed E-state index contributed by atoms with van der Waals surface area (Å²) < 4.78 is 38.2. The summed E-state index contributed by atoms with van der Waals surface area (Å²) in [5.74, 6) is 0. The molecule has 2 aromatic carbocycles. The van der Waals surface area contributed by atoms with Gasteiger partial charge in [-0.25, -0.2) is 4.98 Å². The van der Waals surface area contributed by atoms with Gasteiger partial charge in [0, 0.05) is 22.2 Å². The average Bonchev–Trinajstić information content (AvgIpc) is 3.03. The Kier molecular flexibility index (Phi) is 4.35. The van der Waals surface area contributed by atoms with Crippen LogP contribution in [-0.4, -0.2) is 11.3 Å². The standard InChI is InChI=1S/C17H11F3N2OS/c18-17(19,20)13-5-2-6-14(8-13)21-16-22-15(10-24-16)12-4-1-3-11(7-12)9-23/h1-10H,(H,21,22). The van der Waals surface area contributed by atoms with Gasteiger partial charge < -0.3 is 5.32 Å². The summed E-state index contributed by atoms with van der Waals surface area (Å²) in [6.07, 6.45) is -3.64. The van der Waals surface area contributed by atoms with Crippen LogP contribution in [0.4, 0.5) is 24.0 Å². The smallest absolute Gasteiger partial charge is 0.332 e. The van der Waals surface area contributed by atoms with Gasteiger partial charge >= 0.3 is 6.18 Å². The minimum absolute atomic E-state index is 0.312. The number of hydrogen-bond acceptors (Lipinski definition) is 4. The predicted molar refractivity (Wildman–Crippen MR) is 87.7 cm³/mol. The van der Waals surface area contributed by atoms with Crippen molar-refractivity contribution in [1.29, 1.82) is 0 Å². The molecule has 0 aliphatic heterocycles. The number of aldehydes is 1. The van der Waals surface area contributed by atoms with Crippen LogP contribution in [0.15, 0.2) is 53.9 Å². The van der Waals surface area contributed by atoms with E-state index in [-0.39, 0.29) is 0 Å². The van der Waals surface area contributed by atoms with Crippen molar-refractivity contribution >= 4 is 28.4 Å². The molecule has 3 aromatic rings. The fraction of sp³-hybridized carbons (Fsp3) is 0.0588. The molecule has 0 spiro atoms. The molecule has 3 nitrogen and oxygen atoms in total. The molecule has 24 heavy (non-hydrogen) atoms. The highest BCUT2D eigenvalue weighted by molar-refractivity contribution is 7.14. The maximum absolute atomic E-state index is 12.7.